The minimum atomic E-state index is -2.86. The normalized spacial score (nSPS) is 22.2. The molecule has 0 N–H and O–H groups in total. The van der Waals surface area contributed by atoms with E-state index in [1.807, 2.05) is 18.2 Å². The van der Waals surface area contributed by atoms with Crippen LogP contribution in [0.4, 0.5) is 8.78 Å². The van der Waals surface area contributed by atoms with Crippen molar-refractivity contribution < 1.29 is 23.1 Å². The van der Waals surface area contributed by atoms with Crippen molar-refractivity contribution in [3.63, 3.8) is 0 Å². The third kappa shape index (κ3) is 6.20. The summed E-state index contributed by atoms with van der Waals surface area (Å²) in [5.74, 6) is -1.61. The van der Waals surface area contributed by atoms with Gasteiger partial charge in [0.2, 0.25) is 0 Å². The summed E-state index contributed by atoms with van der Waals surface area (Å²) in [7, 11) is 1.78. The van der Waals surface area contributed by atoms with Crippen LogP contribution < -0.4 is 4.74 Å². The molecule has 5 rings (SSSR count). The van der Waals surface area contributed by atoms with E-state index in [1.54, 1.807) is 11.9 Å². The fourth-order valence-corrected chi connectivity index (χ4v) is 6.77. The number of aromatic nitrogens is 1. The molecule has 3 aliphatic rings. The second-order valence-electron chi connectivity index (χ2n) is 11.0. The van der Waals surface area contributed by atoms with Gasteiger partial charge in [-0.05, 0) is 55.7 Å². The van der Waals surface area contributed by atoms with Crippen LogP contribution in [-0.4, -0.2) is 59.1 Å². The molecule has 37 heavy (non-hydrogen) atoms. The van der Waals surface area contributed by atoms with Gasteiger partial charge in [-0.1, -0.05) is 36.3 Å². The molecule has 1 saturated carbocycles. The van der Waals surface area contributed by atoms with Crippen LogP contribution in [0.3, 0.4) is 0 Å². The molecule has 0 radical (unpaired) electrons. The zero-order valence-electron chi connectivity index (χ0n) is 21.6. The summed E-state index contributed by atoms with van der Waals surface area (Å²) in [6.45, 7) is 3.45. The predicted octanol–water partition coefficient (Wildman–Crippen LogP) is 5.59. The zero-order chi connectivity index (χ0) is 26.2. The molecular formula is C28H35F2N3O3S. The number of Topliss-reactive ketones (excluding diaryl/α,β-unsaturated/α-hetero) is 1. The maximum atomic E-state index is 13.1. The standard InChI is InChI=1S/C28H35F2N3O3S/c1-28(29,30)17-36-27-31-23-16-33(13-11-25(23)37-27)12-10-18-6-8-19(9-7-18)14-24(34)20-4-3-5-21-22(20)15-32(2)26(21)35/h3-5,18-19H,6-17H2,1-2H3. The van der Waals surface area contributed by atoms with Crippen LogP contribution in [0.5, 0.6) is 5.19 Å². The van der Waals surface area contributed by atoms with E-state index in [0.29, 0.717) is 35.6 Å². The average molecular weight is 532 g/mol. The summed E-state index contributed by atoms with van der Waals surface area (Å²) in [6.07, 6.45) is 7.02. The Morgan fingerprint density at radius 2 is 1.95 bits per heavy atom. The van der Waals surface area contributed by atoms with Gasteiger partial charge in [-0.25, -0.2) is 13.8 Å². The molecule has 1 fully saturated rings. The van der Waals surface area contributed by atoms with Gasteiger partial charge in [0.15, 0.2) is 12.4 Å². The maximum Gasteiger partial charge on any atom is 0.278 e. The molecular weight excluding hydrogens is 496 g/mol. The lowest BCUT2D eigenvalue weighted by Gasteiger charge is -2.31. The average Bonchev–Trinajstić information content (AvgIpc) is 3.41. The Hall–Kier alpha value is -2.39. The number of halogens is 2. The number of benzene rings is 1. The Labute approximate surface area is 221 Å². The van der Waals surface area contributed by atoms with Crippen molar-refractivity contribution in [1.29, 1.82) is 0 Å². The Bertz CT molecular complexity index is 1150. The second kappa shape index (κ2) is 10.8. The lowest BCUT2D eigenvalue weighted by molar-refractivity contribution is -0.0230. The van der Waals surface area contributed by atoms with Gasteiger partial charge in [0.05, 0.1) is 5.69 Å². The summed E-state index contributed by atoms with van der Waals surface area (Å²) in [5.41, 5.74) is 3.25. The van der Waals surface area contributed by atoms with Gasteiger partial charge in [0.25, 0.3) is 17.0 Å². The van der Waals surface area contributed by atoms with Crippen LogP contribution in [-0.2, 0) is 19.5 Å². The number of thiazole rings is 1. The van der Waals surface area contributed by atoms with Gasteiger partial charge in [-0.2, -0.15) is 0 Å². The van der Waals surface area contributed by atoms with Crippen LogP contribution in [0.25, 0.3) is 0 Å². The number of nitrogens with zero attached hydrogens (tertiary/aromatic N) is 3. The largest absolute Gasteiger partial charge is 0.464 e. The number of amides is 1. The molecule has 2 aliphatic heterocycles. The number of fused-ring (bicyclic) bond motifs is 2. The molecule has 0 unspecified atom stereocenters. The molecule has 0 spiro atoms. The third-order valence-electron chi connectivity index (χ3n) is 7.98. The van der Waals surface area contributed by atoms with Gasteiger partial charge < -0.3 is 9.64 Å². The highest BCUT2D eigenvalue weighted by Gasteiger charge is 2.31. The van der Waals surface area contributed by atoms with Crippen molar-refractivity contribution in [2.75, 3.05) is 26.7 Å². The highest BCUT2D eigenvalue weighted by atomic mass is 32.1. The smallest absolute Gasteiger partial charge is 0.278 e. The second-order valence-corrected chi connectivity index (χ2v) is 12.1. The van der Waals surface area contributed by atoms with Crippen molar-refractivity contribution in [2.45, 2.75) is 70.9 Å². The molecule has 3 heterocycles. The number of alkyl halides is 2. The summed E-state index contributed by atoms with van der Waals surface area (Å²) < 4.78 is 31.4. The van der Waals surface area contributed by atoms with Crippen molar-refractivity contribution in [3.8, 4) is 5.19 Å². The molecule has 1 amide bonds. The van der Waals surface area contributed by atoms with E-state index in [0.717, 1.165) is 86.8 Å². The fourth-order valence-electron chi connectivity index (χ4n) is 5.87. The first-order chi connectivity index (χ1) is 17.7. The van der Waals surface area contributed by atoms with Crippen LogP contribution in [0, 0.1) is 11.8 Å². The van der Waals surface area contributed by atoms with Gasteiger partial charge in [-0.3, -0.25) is 14.5 Å². The lowest BCUT2D eigenvalue weighted by Crippen LogP contribution is -2.32. The Morgan fingerprint density at radius 3 is 2.70 bits per heavy atom. The van der Waals surface area contributed by atoms with Crippen LogP contribution >= 0.6 is 11.3 Å². The van der Waals surface area contributed by atoms with Gasteiger partial charge in [0.1, 0.15) is 0 Å². The first-order valence-corrected chi connectivity index (χ1v) is 14.1. The molecule has 1 aromatic carbocycles. The predicted molar refractivity (Wildman–Crippen MR) is 138 cm³/mol. The van der Waals surface area contributed by atoms with E-state index < -0.39 is 12.5 Å². The zero-order valence-corrected chi connectivity index (χ0v) is 22.4. The first kappa shape index (κ1) is 26.2. The molecule has 1 aliphatic carbocycles. The molecule has 0 atom stereocenters. The Balaban J connectivity index is 1.06. The number of carbonyl (C=O) groups excluding carboxylic acids is 2. The molecule has 2 aromatic rings. The van der Waals surface area contributed by atoms with Gasteiger partial charge in [-0.15, -0.1) is 0 Å². The van der Waals surface area contributed by atoms with Crippen LogP contribution in [0.1, 0.15) is 82.3 Å². The minimum absolute atomic E-state index is 0.000196. The maximum absolute atomic E-state index is 13.1. The monoisotopic (exact) mass is 531 g/mol. The van der Waals surface area contributed by atoms with Crippen LogP contribution in [0.2, 0.25) is 0 Å². The van der Waals surface area contributed by atoms with E-state index in [4.69, 9.17) is 4.74 Å². The summed E-state index contributed by atoms with van der Waals surface area (Å²) in [4.78, 5) is 35.1. The van der Waals surface area contributed by atoms with E-state index in [9.17, 15) is 18.4 Å². The first-order valence-electron chi connectivity index (χ1n) is 13.3. The van der Waals surface area contributed by atoms with Crippen molar-refractivity contribution in [1.82, 2.24) is 14.8 Å². The number of hydrogen-bond donors (Lipinski definition) is 0. The molecule has 1 aromatic heterocycles. The third-order valence-corrected chi connectivity index (χ3v) is 9.05. The lowest BCUT2D eigenvalue weighted by atomic mass is 9.77. The summed E-state index contributed by atoms with van der Waals surface area (Å²) in [5, 5.41) is 0.348. The minimum Gasteiger partial charge on any atom is -0.464 e. The van der Waals surface area contributed by atoms with Crippen LogP contribution in [0.15, 0.2) is 18.2 Å². The number of ether oxygens (including phenoxy) is 1. The fraction of sp³-hybridized carbons (Fsp3) is 0.607. The van der Waals surface area contributed by atoms with Crippen molar-refractivity contribution in [3.05, 3.63) is 45.5 Å². The highest BCUT2D eigenvalue weighted by Crippen LogP contribution is 2.36. The van der Waals surface area contributed by atoms with E-state index in [-0.39, 0.29) is 11.7 Å². The van der Waals surface area contributed by atoms with Gasteiger partial charge >= 0.3 is 0 Å². The summed E-state index contributed by atoms with van der Waals surface area (Å²) >= 11 is 1.39. The SMILES string of the molecule is CN1Cc2c(C(=O)CC3CCC(CCN4CCc5sc(OCC(C)(F)F)nc5C4)CC3)cccc2C1=O. The Morgan fingerprint density at radius 1 is 1.19 bits per heavy atom. The van der Waals surface area contributed by atoms with Gasteiger partial charge in [0, 0.05) is 56.0 Å². The number of hydrogen-bond acceptors (Lipinski definition) is 6. The molecule has 9 heteroatoms. The molecule has 0 saturated heterocycles. The van der Waals surface area contributed by atoms with Crippen molar-refractivity contribution >= 4 is 23.0 Å². The topological polar surface area (TPSA) is 62.7 Å². The van der Waals surface area contributed by atoms with Crippen molar-refractivity contribution in [2.24, 2.45) is 11.8 Å². The molecule has 6 nitrogen and oxygen atoms in total. The highest BCUT2D eigenvalue weighted by molar-refractivity contribution is 7.13. The van der Waals surface area contributed by atoms with E-state index in [1.165, 1.54) is 11.3 Å². The summed E-state index contributed by atoms with van der Waals surface area (Å²) in [6, 6.07) is 5.52. The van der Waals surface area contributed by atoms with E-state index in [2.05, 4.69) is 9.88 Å². The quantitative estimate of drug-likeness (QED) is 0.395. The molecule has 0 bridgehead atoms. The number of ketones is 1. The van der Waals surface area contributed by atoms with E-state index >= 15 is 0 Å². The number of rotatable bonds is 9. The number of carbonyl (C=O) groups is 2. The Kier molecular flexibility index (Phi) is 7.63. The molecule has 200 valence electrons.